The minimum Gasteiger partial charge on any atom is -0.497 e. The maximum atomic E-state index is 14.0. The van der Waals surface area contributed by atoms with Gasteiger partial charge in [-0.15, -0.1) is 0 Å². The molecule has 22 heavy (non-hydrogen) atoms. The van der Waals surface area contributed by atoms with Crippen LogP contribution in [-0.4, -0.2) is 34.7 Å². The topological polar surface area (TPSA) is 30.3 Å². The number of imidazole rings is 1. The molecule has 118 valence electrons. The van der Waals surface area contributed by atoms with Gasteiger partial charge in [0.2, 0.25) is 0 Å². The van der Waals surface area contributed by atoms with Gasteiger partial charge in [0.25, 0.3) is 0 Å². The molecule has 1 atom stereocenters. The van der Waals surface area contributed by atoms with E-state index in [4.69, 9.17) is 4.74 Å². The Morgan fingerprint density at radius 1 is 1.41 bits per heavy atom. The lowest BCUT2D eigenvalue weighted by molar-refractivity contribution is 0.154. The molecule has 1 aromatic carbocycles. The standard InChI is InChI=1S/C17H22FN3O/c1-22-16-4-5-17(18)15(9-16)12-20-7-2-3-14(10-20)11-21-8-6-19-13-21/h4-6,8-9,13-14H,2-3,7,10-12H2,1H3/t14-/m1/s1. The van der Waals surface area contributed by atoms with Crippen LogP contribution in [0.3, 0.4) is 0 Å². The van der Waals surface area contributed by atoms with Crippen molar-refractivity contribution in [3.63, 3.8) is 0 Å². The van der Waals surface area contributed by atoms with Crippen molar-refractivity contribution in [2.75, 3.05) is 20.2 Å². The van der Waals surface area contributed by atoms with E-state index in [0.717, 1.165) is 26.1 Å². The minimum atomic E-state index is -0.155. The highest BCUT2D eigenvalue weighted by Gasteiger charge is 2.21. The van der Waals surface area contributed by atoms with E-state index in [1.165, 1.54) is 12.5 Å². The Morgan fingerprint density at radius 2 is 2.32 bits per heavy atom. The summed E-state index contributed by atoms with van der Waals surface area (Å²) in [5, 5.41) is 0. The van der Waals surface area contributed by atoms with E-state index in [0.29, 0.717) is 23.8 Å². The van der Waals surface area contributed by atoms with Gasteiger partial charge in [0.15, 0.2) is 0 Å². The predicted molar refractivity (Wildman–Crippen MR) is 83.2 cm³/mol. The molecule has 0 N–H and O–H groups in total. The van der Waals surface area contributed by atoms with Crippen molar-refractivity contribution in [3.8, 4) is 5.75 Å². The van der Waals surface area contributed by atoms with Gasteiger partial charge < -0.3 is 9.30 Å². The van der Waals surface area contributed by atoms with E-state index >= 15 is 0 Å². The molecule has 2 aromatic rings. The molecule has 1 fully saturated rings. The van der Waals surface area contributed by atoms with Crippen molar-refractivity contribution in [3.05, 3.63) is 48.3 Å². The lowest BCUT2D eigenvalue weighted by atomic mass is 9.97. The van der Waals surface area contributed by atoms with Crippen LogP contribution >= 0.6 is 0 Å². The smallest absolute Gasteiger partial charge is 0.127 e. The van der Waals surface area contributed by atoms with Gasteiger partial charge in [-0.2, -0.15) is 0 Å². The Labute approximate surface area is 130 Å². The molecule has 1 saturated heterocycles. The zero-order valence-electron chi connectivity index (χ0n) is 12.9. The van der Waals surface area contributed by atoms with Crippen LogP contribution in [0.4, 0.5) is 4.39 Å². The summed E-state index contributed by atoms with van der Waals surface area (Å²) in [4.78, 5) is 6.43. The average molecular weight is 303 g/mol. The summed E-state index contributed by atoms with van der Waals surface area (Å²) < 4.78 is 21.3. The van der Waals surface area contributed by atoms with Crippen molar-refractivity contribution in [1.82, 2.24) is 14.5 Å². The summed E-state index contributed by atoms with van der Waals surface area (Å²) in [5.41, 5.74) is 0.711. The minimum absolute atomic E-state index is 0.155. The van der Waals surface area contributed by atoms with Crippen LogP contribution in [-0.2, 0) is 13.1 Å². The van der Waals surface area contributed by atoms with Gasteiger partial charge in [-0.25, -0.2) is 9.37 Å². The average Bonchev–Trinajstić information content (AvgIpc) is 3.03. The fourth-order valence-electron chi connectivity index (χ4n) is 3.18. The summed E-state index contributed by atoms with van der Waals surface area (Å²) >= 11 is 0. The fourth-order valence-corrected chi connectivity index (χ4v) is 3.18. The number of likely N-dealkylation sites (tertiary alicyclic amines) is 1. The van der Waals surface area contributed by atoms with Crippen LogP contribution in [0.25, 0.3) is 0 Å². The van der Waals surface area contributed by atoms with Crippen LogP contribution < -0.4 is 4.74 Å². The largest absolute Gasteiger partial charge is 0.497 e. The highest BCUT2D eigenvalue weighted by Crippen LogP contribution is 2.23. The van der Waals surface area contributed by atoms with Crippen molar-refractivity contribution in [2.24, 2.45) is 5.92 Å². The second-order valence-corrected chi connectivity index (χ2v) is 5.96. The molecule has 1 aliphatic rings. The number of methoxy groups -OCH3 is 1. The molecule has 0 amide bonds. The molecule has 1 aromatic heterocycles. The molecule has 0 saturated carbocycles. The molecule has 0 aliphatic carbocycles. The van der Waals surface area contributed by atoms with Crippen molar-refractivity contribution >= 4 is 0 Å². The maximum absolute atomic E-state index is 14.0. The molecular weight excluding hydrogens is 281 g/mol. The van der Waals surface area contributed by atoms with Gasteiger partial charge in [0.05, 0.1) is 13.4 Å². The number of rotatable bonds is 5. The third kappa shape index (κ3) is 3.65. The number of benzene rings is 1. The Kier molecular flexibility index (Phi) is 4.73. The highest BCUT2D eigenvalue weighted by atomic mass is 19.1. The van der Waals surface area contributed by atoms with Crippen LogP contribution in [0.15, 0.2) is 36.9 Å². The second kappa shape index (κ2) is 6.92. The summed E-state index contributed by atoms with van der Waals surface area (Å²) in [6.07, 6.45) is 8.05. The Hall–Kier alpha value is -1.88. The molecule has 0 unspecified atom stereocenters. The molecule has 0 spiro atoms. The van der Waals surface area contributed by atoms with Crippen molar-refractivity contribution < 1.29 is 9.13 Å². The lowest BCUT2D eigenvalue weighted by Crippen LogP contribution is -2.36. The fraction of sp³-hybridized carbons (Fsp3) is 0.471. The van der Waals surface area contributed by atoms with Gasteiger partial charge >= 0.3 is 0 Å². The number of piperidine rings is 1. The van der Waals surface area contributed by atoms with E-state index < -0.39 is 0 Å². The second-order valence-electron chi connectivity index (χ2n) is 5.96. The van der Waals surface area contributed by atoms with Crippen LogP contribution in [0.1, 0.15) is 18.4 Å². The van der Waals surface area contributed by atoms with E-state index in [1.54, 1.807) is 19.2 Å². The molecule has 4 nitrogen and oxygen atoms in total. The number of hydrogen-bond acceptors (Lipinski definition) is 3. The highest BCUT2D eigenvalue weighted by molar-refractivity contribution is 5.29. The summed E-state index contributed by atoms with van der Waals surface area (Å²) in [7, 11) is 1.61. The van der Waals surface area contributed by atoms with Crippen molar-refractivity contribution in [2.45, 2.75) is 25.9 Å². The number of aromatic nitrogens is 2. The molecular formula is C17H22FN3O. The van der Waals surface area contributed by atoms with Crippen LogP contribution in [0.2, 0.25) is 0 Å². The molecule has 0 radical (unpaired) electrons. The first-order valence-corrected chi connectivity index (χ1v) is 7.75. The van der Waals surface area contributed by atoms with Gasteiger partial charge in [-0.05, 0) is 43.5 Å². The first kappa shape index (κ1) is 15.0. The molecule has 1 aliphatic heterocycles. The summed E-state index contributed by atoms with van der Waals surface area (Å²) in [6.45, 7) is 3.65. The Balaban J connectivity index is 1.62. The first-order valence-electron chi connectivity index (χ1n) is 7.75. The number of hydrogen-bond donors (Lipinski definition) is 0. The molecule has 0 bridgehead atoms. The normalized spacial score (nSPS) is 19.3. The third-order valence-corrected chi connectivity index (χ3v) is 4.28. The molecule has 5 heteroatoms. The van der Waals surface area contributed by atoms with E-state index in [1.807, 2.05) is 18.7 Å². The van der Waals surface area contributed by atoms with Crippen LogP contribution in [0.5, 0.6) is 5.75 Å². The number of nitrogens with zero attached hydrogens (tertiary/aromatic N) is 3. The SMILES string of the molecule is COc1ccc(F)c(CN2CCC[C@@H](Cn3ccnc3)C2)c1. The van der Waals surface area contributed by atoms with Gasteiger partial charge in [-0.1, -0.05) is 0 Å². The first-order chi connectivity index (χ1) is 10.7. The third-order valence-electron chi connectivity index (χ3n) is 4.28. The Morgan fingerprint density at radius 3 is 3.09 bits per heavy atom. The zero-order chi connectivity index (χ0) is 15.4. The maximum Gasteiger partial charge on any atom is 0.127 e. The van der Waals surface area contributed by atoms with Gasteiger partial charge in [0.1, 0.15) is 11.6 Å². The molecule has 3 rings (SSSR count). The molecule has 2 heterocycles. The number of halogens is 1. The quantitative estimate of drug-likeness (QED) is 0.851. The predicted octanol–water partition coefficient (Wildman–Crippen LogP) is 2.94. The van der Waals surface area contributed by atoms with E-state index in [-0.39, 0.29) is 5.82 Å². The van der Waals surface area contributed by atoms with Gasteiger partial charge in [-0.3, -0.25) is 4.90 Å². The lowest BCUT2D eigenvalue weighted by Gasteiger charge is -2.33. The van der Waals surface area contributed by atoms with Crippen molar-refractivity contribution in [1.29, 1.82) is 0 Å². The van der Waals surface area contributed by atoms with E-state index in [2.05, 4.69) is 14.5 Å². The summed E-state index contributed by atoms with van der Waals surface area (Å²) in [6, 6.07) is 4.95. The van der Waals surface area contributed by atoms with Gasteiger partial charge in [0, 0.05) is 37.6 Å². The zero-order valence-corrected chi connectivity index (χ0v) is 12.9. The van der Waals surface area contributed by atoms with Crippen LogP contribution in [0, 0.1) is 11.7 Å². The van der Waals surface area contributed by atoms with E-state index in [9.17, 15) is 4.39 Å². The Bertz CT molecular complexity index is 600. The monoisotopic (exact) mass is 303 g/mol. The number of ether oxygens (including phenoxy) is 1. The summed E-state index contributed by atoms with van der Waals surface area (Å²) in [5.74, 6) is 1.15.